The molecule has 0 aliphatic carbocycles. The van der Waals surface area contributed by atoms with Crippen molar-refractivity contribution in [3.8, 4) is 0 Å². The van der Waals surface area contributed by atoms with Crippen molar-refractivity contribution in [2.24, 2.45) is 5.16 Å². The lowest BCUT2D eigenvalue weighted by Gasteiger charge is -2.12. The van der Waals surface area contributed by atoms with Gasteiger partial charge in [-0.2, -0.15) is 13.2 Å². The molecule has 0 unspecified atom stereocenters. The highest BCUT2D eigenvalue weighted by Gasteiger charge is 2.32. The van der Waals surface area contributed by atoms with E-state index in [1.165, 1.54) is 12.1 Å². The molecule has 0 saturated heterocycles. The van der Waals surface area contributed by atoms with E-state index in [2.05, 4.69) is 10.5 Å². The van der Waals surface area contributed by atoms with Gasteiger partial charge in [0.1, 0.15) is 0 Å². The van der Waals surface area contributed by atoms with Crippen molar-refractivity contribution >= 4 is 28.9 Å². The fourth-order valence-corrected chi connectivity index (χ4v) is 2.61. The van der Waals surface area contributed by atoms with Crippen molar-refractivity contribution in [2.45, 2.75) is 18.7 Å². The molecule has 0 aromatic heterocycles. The van der Waals surface area contributed by atoms with Crippen LogP contribution in [0, 0.1) is 0 Å². The molecule has 2 aromatic carbocycles. The lowest BCUT2D eigenvalue weighted by Crippen LogP contribution is -2.28. The summed E-state index contributed by atoms with van der Waals surface area (Å²) >= 11 is 6.08. The normalized spacial score (nSPS) is 17.0. The van der Waals surface area contributed by atoms with Crippen molar-refractivity contribution in [1.82, 2.24) is 0 Å². The van der Waals surface area contributed by atoms with E-state index in [9.17, 15) is 18.0 Å². The van der Waals surface area contributed by atoms with Gasteiger partial charge >= 0.3 is 6.18 Å². The maximum atomic E-state index is 12.7. The standard InChI is InChI=1S/C17H12ClF3N2O2/c18-13-7-2-1-6-12(13)14-9-15(25-23-14)16(24)22-11-5-3-4-10(8-11)17(19,20)21/h1-8,15H,9H2,(H,22,24)/t15-/m0/s1. The van der Waals surface area contributed by atoms with E-state index in [4.69, 9.17) is 16.4 Å². The van der Waals surface area contributed by atoms with E-state index in [1.807, 2.05) is 0 Å². The van der Waals surface area contributed by atoms with Gasteiger partial charge in [-0.25, -0.2) is 0 Å². The Morgan fingerprint density at radius 1 is 1.20 bits per heavy atom. The molecular formula is C17H12ClF3N2O2. The van der Waals surface area contributed by atoms with Crippen LogP contribution in [0.3, 0.4) is 0 Å². The van der Waals surface area contributed by atoms with E-state index in [-0.39, 0.29) is 12.1 Å². The number of nitrogens with zero attached hydrogens (tertiary/aromatic N) is 1. The van der Waals surface area contributed by atoms with Crippen molar-refractivity contribution < 1.29 is 22.8 Å². The summed E-state index contributed by atoms with van der Waals surface area (Å²) < 4.78 is 38.1. The first-order chi connectivity index (χ1) is 11.8. The summed E-state index contributed by atoms with van der Waals surface area (Å²) in [6, 6.07) is 11.4. The van der Waals surface area contributed by atoms with Crippen LogP contribution < -0.4 is 5.32 Å². The van der Waals surface area contributed by atoms with Crippen LogP contribution in [0.5, 0.6) is 0 Å². The van der Waals surface area contributed by atoms with Gasteiger partial charge in [-0.3, -0.25) is 4.79 Å². The SMILES string of the molecule is O=C(Nc1cccc(C(F)(F)F)c1)[C@@H]1CC(c2ccccc2Cl)=NO1. The Morgan fingerprint density at radius 2 is 1.96 bits per heavy atom. The van der Waals surface area contributed by atoms with Gasteiger partial charge in [0.05, 0.1) is 11.3 Å². The van der Waals surface area contributed by atoms with E-state index in [0.29, 0.717) is 16.3 Å². The smallest absolute Gasteiger partial charge is 0.382 e. The molecule has 2 aromatic rings. The summed E-state index contributed by atoms with van der Waals surface area (Å²) in [6.45, 7) is 0. The van der Waals surface area contributed by atoms with Gasteiger partial charge in [0.15, 0.2) is 0 Å². The lowest BCUT2D eigenvalue weighted by atomic mass is 10.0. The van der Waals surface area contributed by atoms with Crippen LogP contribution in [-0.4, -0.2) is 17.7 Å². The van der Waals surface area contributed by atoms with Gasteiger partial charge in [-0.1, -0.05) is 41.0 Å². The first-order valence-electron chi connectivity index (χ1n) is 7.30. The van der Waals surface area contributed by atoms with Gasteiger partial charge in [0.25, 0.3) is 5.91 Å². The van der Waals surface area contributed by atoms with Crippen LogP contribution in [0.2, 0.25) is 5.02 Å². The molecular weight excluding hydrogens is 357 g/mol. The molecule has 1 atom stereocenters. The summed E-state index contributed by atoms with van der Waals surface area (Å²) in [4.78, 5) is 17.3. The van der Waals surface area contributed by atoms with Gasteiger partial charge in [-0.15, -0.1) is 0 Å². The average molecular weight is 369 g/mol. The maximum Gasteiger partial charge on any atom is 0.416 e. The number of carbonyl (C=O) groups is 1. The number of hydrogen-bond donors (Lipinski definition) is 1. The van der Waals surface area contributed by atoms with Crippen LogP contribution in [0.4, 0.5) is 18.9 Å². The molecule has 0 spiro atoms. The number of benzene rings is 2. The third-order valence-corrected chi connectivity index (χ3v) is 3.93. The number of amides is 1. The number of nitrogens with one attached hydrogen (secondary N) is 1. The van der Waals surface area contributed by atoms with Crippen LogP contribution in [0.25, 0.3) is 0 Å². The number of anilines is 1. The Balaban J connectivity index is 1.67. The van der Waals surface area contributed by atoms with Crippen molar-refractivity contribution in [3.05, 3.63) is 64.7 Å². The maximum absolute atomic E-state index is 12.7. The van der Waals surface area contributed by atoms with Crippen molar-refractivity contribution in [3.63, 3.8) is 0 Å². The Kier molecular flexibility index (Phi) is 4.67. The summed E-state index contributed by atoms with van der Waals surface area (Å²) in [5.74, 6) is -0.579. The molecule has 0 radical (unpaired) electrons. The molecule has 0 saturated carbocycles. The molecule has 25 heavy (non-hydrogen) atoms. The molecule has 1 N–H and O–H groups in total. The Hall–Kier alpha value is -2.54. The molecule has 130 valence electrons. The van der Waals surface area contributed by atoms with Crippen molar-refractivity contribution in [1.29, 1.82) is 0 Å². The summed E-state index contributed by atoms with van der Waals surface area (Å²) in [7, 11) is 0. The first-order valence-corrected chi connectivity index (χ1v) is 7.68. The van der Waals surface area contributed by atoms with E-state index < -0.39 is 23.8 Å². The fraction of sp³-hybridized carbons (Fsp3) is 0.176. The monoisotopic (exact) mass is 368 g/mol. The minimum atomic E-state index is -4.48. The number of carbonyl (C=O) groups excluding carboxylic acids is 1. The highest BCUT2D eigenvalue weighted by molar-refractivity contribution is 6.34. The molecule has 0 bridgehead atoms. The second kappa shape index (κ2) is 6.76. The second-order valence-electron chi connectivity index (χ2n) is 5.38. The van der Waals surface area contributed by atoms with Gasteiger partial charge in [0, 0.05) is 22.7 Å². The zero-order valence-corrected chi connectivity index (χ0v) is 13.4. The summed E-state index contributed by atoms with van der Waals surface area (Å²) in [5.41, 5.74) is 0.355. The molecule has 1 aliphatic heterocycles. The molecule has 1 amide bonds. The van der Waals surface area contributed by atoms with Gasteiger partial charge in [0.2, 0.25) is 6.10 Å². The van der Waals surface area contributed by atoms with E-state index in [0.717, 1.165) is 12.1 Å². The third-order valence-electron chi connectivity index (χ3n) is 3.60. The number of halogens is 4. The van der Waals surface area contributed by atoms with Crippen molar-refractivity contribution in [2.75, 3.05) is 5.32 Å². The largest absolute Gasteiger partial charge is 0.416 e. The molecule has 8 heteroatoms. The number of hydrogen-bond acceptors (Lipinski definition) is 3. The van der Waals surface area contributed by atoms with Crippen LogP contribution in [0.1, 0.15) is 17.5 Å². The zero-order valence-electron chi connectivity index (χ0n) is 12.7. The Morgan fingerprint density at radius 3 is 2.68 bits per heavy atom. The minimum Gasteiger partial charge on any atom is -0.382 e. The number of alkyl halides is 3. The number of rotatable bonds is 3. The van der Waals surface area contributed by atoms with E-state index in [1.54, 1.807) is 24.3 Å². The topological polar surface area (TPSA) is 50.7 Å². The summed E-state index contributed by atoms with van der Waals surface area (Å²) in [6.07, 6.45) is -5.24. The molecule has 3 rings (SSSR count). The zero-order chi connectivity index (χ0) is 18.0. The van der Waals surface area contributed by atoms with Gasteiger partial charge in [-0.05, 0) is 24.3 Å². The highest BCUT2D eigenvalue weighted by atomic mass is 35.5. The van der Waals surface area contributed by atoms with Gasteiger partial charge < -0.3 is 10.2 Å². The highest BCUT2D eigenvalue weighted by Crippen LogP contribution is 2.31. The van der Waals surface area contributed by atoms with Crippen LogP contribution in [-0.2, 0) is 15.8 Å². The number of oxime groups is 1. The first kappa shape index (κ1) is 17.3. The van der Waals surface area contributed by atoms with Crippen LogP contribution >= 0.6 is 11.6 Å². The fourth-order valence-electron chi connectivity index (χ4n) is 2.37. The third kappa shape index (κ3) is 3.93. The predicted molar refractivity (Wildman–Crippen MR) is 87.6 cm³/mol. The second-order valence-corrected chi connectivity index (χ2v) is 5.79. The summed E-state index contributed by atoms with van der Waals surface area (Å²) in [5, 5.41) is 6.75. The Labute approximate surface area is 146 Å². The molecule has 0 fully saturated rings. The minimum absolute atomic E-state index is 0.0367. The Bertz CT molecular complexity index is 837. The van der Waals surface area contributed by atoms with Crippen LogP contribution in [0.15, 0.2) is 53.7 Å². The molecule has 1 heterocycles. The molecule has 4 nitrogen and oxygen atoms in total. The van der Waals surface area contributed by atoms with E-state index >= 15 is 0 Å². The average Bonchev–Trinajstić information content (AvgIpc) is 3.04. The predicted octanol–water partition coefficient (Wildman–Crippen LogP) is 4.49. The quantitative estimate of drug-likeness (QED) is 0.867. The lowest BCUT2D eigenvalue weighted by molar-refractivity contribution is -0.137. The molecule has 1 aliphatic rings.